The van der Waals surface area contributed by atoms with Crippen molar-refractivity contribution >= 4 is 43.5 Å². The molecule has 8 aromatic rings. The maximum Gasteiger partial charge on any atom is 0.145 e. The molecule has 2 heteroatoms. The minimum Gasteiger partial charge on any atom is -0.294 e. The first-order chi connectivity index (χ1) is 19.8. The molecule has 0 bridgehead atoms. The van der Waals surface area contributed by atoms with E-state index in [1.165, 1.54) is 54.7 Å². The van der Waals surface area contributed by atoms with Gasteiger partial charge < -0.3 is 0 Å². The van der Waals surface area contributed by atoms with Gasteiger partial charge in [0.15, 0.2) is 0 Å². The predicted molar refractivity (Wildman–Crippen MR) is 169 cm³/mol. The molecule has 0 spiro atoms. The van der Waals surface area contributed by atoms with Crippen molar-refractivity contribution in [3.05, 3.63) is 145 Å². The normalized spacial score (nSPS) is 11.6. The zero-order valence-corrected chi connectivity index (χ0v) is 22.2. The zero-order valence-electron chi connectivity index (χ0n) is 22.2. The summed E-state index contributed by atoms with van der Waals surface area (Å²) in [5.41, 5.74) is 9.53. The highest BCUT2D eigenvalue weighted by molar-refractivity contribution is 6.22. The molecular formula is C38H26N2. The number of fused-ring (bicyclic) bond motifs is 5. The number of benzene rings is 6. The third kappa shape index (κ3) is 3.40. The van der Waals surface area contributed by atoms with Crippen LogP contribution in [0.3, 0.4) is 0 Å². The van der Waals surface area contributed by atoms with Crippen LogP contribution >= 0.6 is 0 Å². The quantitative estimate of drug-likeness (QED) is 0.216. The third-order valence-corrected chi connectivity index (χ3v) is 8.07. The second kappa shape index (κ2) is 8.93. The zero-order chi connectivity index (χ0) is 26.6. The monoisotopic (exact) mass is 510 g/mol. The van der Waals surface area contributed by atoms with Gasteiger partial charge in [0, 0.05) is 22.7 Å². The molecule has 2 heterocycles. The second-order valence-corrected chi connectivity index (χ2v) is 10.5. The number of hydrogen-bond acceptors (Lipinski definition) is 1. The fourth-order valence-corrected chi connectivity index (χ4v) is 6.39. The van der Waals surface area contributed by atoms with E-state index < -0.39 is 0 Å². The average molecular weight is 511 g/mol. The van der Waals surface area contributed by atoms with E-state index in [1.807, 2.05) is 12.3 Å². The smallest absolute Gasteiger partial charge is 0.145 e. The maximum atomic E-state index is 4.83. The van der Waals surface area contributed by atoms with Crippen LogP contribution in [0.2, 0.25) is 0 Å². The summed E-state index contributed by atoms with van der Waals surface area (Å²) in [6, 6.07) is 48.2. The summed E-state index contributed by atoms with van der Waals surface area (Å²) < 4.78 is 2.29. The molecule has 0 aliphatic carbocycles. The van der Waals surface area contributed by atoms with Gasteiger partial charge in [0.05, 0.1) is 5.52 Å². The Hall–Kier alpha value is -5.21. The number of aryl methyl sites for hydroxylation is 1. The summed E-state index contributed by atoms with van der Waals surface area (Å²) in [5.74, 6) is 0. The number of nitrogens with zero attached hydrogens (tertiary/aromatic N) is 2. The minimum absolute atomic E-state index is 0.981. The fourth-order valence-electron chi connectivity index (χ4n) is 6.39. The number of rotatable bonds is 3. The van der Waals surface area contributed by atoms with Gasteiger partial charge in [0.25, 0.3) is 0 Å². The lowest BCUT2D eigenvalue weighted by Crippen LogP contribution is -1.95. The Morgan fingerprint density at radius 1 is 0.475 bits per heavy atom. The average Bonchev–Trinajstić information content (AvgIpc) is 3.34. The lowest BCUT2D eigenvalue weighted by molar-refractivity contribution is 1.13. The molecule has 0 N–H and O–H groups in total. The number of pyridine rings is 1. The summed E-state index contributed by atoms with van der Waals surface area (Å²) >= 11 is 0. The topological polar surface area (TPSA) is 17.8 Å². The number of aromatic nitrogens is 2. The highest BCUT2D eigenvalue weighted by Crippen LogP contribution is 2.44. The molecule has 0 fully saturated rings. The molecule has 188 valence electrons. The highest BCUT2D eigenvalue weighted by atomic mass is 15.0. The van der Waals surface area contributed by atoms with Crippen LogP contribution in [-0.4, -0.2) is 9.55 Å². The van der Waals surface area contributed by atoms with Gasteiger partial charge in [-0.3, -0.25) is 4.57 Å². The van der Waals surface area contributed by atoms with Crippen LogP contribution in [0, 0.1) is 6.92 Å². The molecule has 0 saturated heterocycles. The highest BCUT2D eigenvalue weighted by Gasteiger charge is 2.19. The second-order valence-electron chi connectivity index (χ2n) is 10.5. The molecule has 0 aliphatic heterocycles. The Morgan fingerprint density at radius 3 is 1.77 bits per heavy atom. The Morgan fingerprint density at radius 2 is 1.10 bits per heavy atom. The van der Waals surface area contributed by atoms with Gasteiger partial charge in [-0.25, -0.2) is 4.98 Å². The van der Waals surface area contributed by atoms with Gasteiger partial charge >= 0.3 is 0 Å². The van der Waals surface area contributed by atoms with E-state index in [0.717, 1.165) is 22.2 Å². The van der Waals surface area contributed by atoms with Crippen molar-refractivity contribution in [2.45, 2.75) is 6.92 Å². The molecule has 0 atom stereocenters. The number of hydrogen-bond donors (Lipinski definition) is 0. The van der Waals surface area contributed by atoms with Crippen LogP contribution in [-0.2, 0) is 0 Å². The van der Waals surface area contributed by atoms with Crippen molar-refractivity contribution < 1.29 is 0 Å². The Labute approximate surface area is 232 Å². The standard InChI is InChI=1S/C38H26N2/c1-25-11-9-14-28(23-25)40-35-21-20-27(24-34(35)33-19-10-22-39-38(33)40)37-31-17-7-5-15-29(31)36(26-12-3-2-4-13-26)30-16-6-8-18-32(30)37/h2-24H,1H3. The van der Waals surface area contributed by atoms with Gasteiger partial charge in [-0.2, -0.15) is 0 Å². The first-order valence-electron chi connectivity index (χ1n) is 13.7. The van der Waals surface area contributed by atoms with Crippen molar-refractivity contribution in [1.29, 1.82) is 0 Å². The molecule has 40 heavy (non-hydrogen) atoms. The molecular weight excluding hydrogens is 484 g/mol. The summed E-state index contributed by atoms with van der Waals surface area (Å²) in [7, 11) is 0. The third-order valence-electron chi connectivity index (χ3n) is 8.07. The van der Waals surface area contributed by atoms with E-state index in [4.69, 9.17) is 4.98 Å². The summed E-state index contributed by atoms with van der Waals surface area (Å²) in [6.45, 7) is 2.14. The Bertz CT molecular complexity index is 2160. The molecule has 0 unspecified atom stereocenters. The SMILES string of the molecule is Cc1cccc(-n2c3ccc(-c4c5ccccc5c(-c5ccccc5)c5ccccc45)cc3c3cccnc32)c1. The van der Waals surface area contributed by atoms with Gasteiger partial charge in [-0.15, -0.1) is 0 Å². The van der Waals surface area contributed by atoms with Gasteiger partial charge in [-0.05, 0) is 92.7 Å². The largest absolute Gasteiger partial charge is 0.294 e. The van der Waals surface area contributed by atoms with Crippen LogP contribution in [0.5, 0.6) is 0 Å². The molecule has 0 radical (unpaired) electrons. The molecule has 8 rings (SSSR count). The summed E-state index contributed by atoms with van der Waals surface area (Å²) in [5, 5.41) is 7.44. The van der Waals surface area contributed by atoms with E-state index >= 15 is 0 Å². The van der Waals surface area contributed by atoms with E-state index in [2.05, 4.69) is 139 Å². The van der Waals surface area contributed by atoms with Crippen molar-refractivity contribution in [3.8, 4) is 27.9 Å². The molecule has 0 amide bonds. The van der Waals surface area contributed by atoms with Crippen LogP contribution in [0.25, 0.3) is 71.4 Å². The van der Waals surface area contributed by atoms with E-state index in [-0.39, 0.29) is 0 Å². The molecule has 6 aromatic carbocycles. The van der Waals surface area contributed by atoms with Crippen LogP contribution in [0.1, 0.15) is 5.56 Å². The van der Waals surface area contributed by atoms with Crippen molar-refractivity contribution in [2.75, 3.05) is 0 Å². The summed E-state index contributed by atoms with van der Waals surface area (Å²) in [6.07, 6.45) is 1.89. The first-order valence-corrected chi connectivity index (χ1v) is 13.7. The van der Waals surface area contributed by atoms with Gasteiger partial charge in [0.1, 0.15) is 5.65 Å². The van der Waals surface area contributed by atoms with E-state index in [0.29, 0.717) is 0 Å². The van der Waals surface area contributed by atoms with Crippen LogP contribution in [0.4, 0.5) is 0 Å². The molecule has 0 aliphatic rings. The fraction of sp³-hybridized carbons (Fsp3) is 0.0263. The van der Waals surface area contributed by atoms with Gasteiger partial charge in [-0.1, -0.05) is 97.1 Å². The lowest BCUT2D eigenvalue weighted by Gasteiger charge is -2.18. The molecule has 2 nitrogen and oxygen atoms in total. The maximum absolute atomic E-state index is 4.83. The summed E-state index contributed by atoms with van der Waals surface area (Å²) in [4.78, 5) is 4.83. The Balaban J connectivity index is 1.47. The predicted octanol–water partition coefficient (Wildman–Crippen LogP) is 10.1. The molecule has 0 saturated carbocycles. The van der Waals surface area contributed by atoms with Crippen molar-refractivity contribution in [1.82, 2.24) is 9.55 Å². The van der Waals surface area contributed by atoms with Crippen molar-refractivity contribution in [2.24, 2.45) is 0 Å². The van der Waals surface area contributed by atoms with E-state index in [1.54, 1.807) is 0 Å². The minimum atomic E-state index is 0.981. The van der Waals surface area contributed by atoms with E-state index in [9.17, 15) is 0 Å². The molecule has 2 aromatic heterocycles. The van der Waals surface area contributed by atoms with Crippen LogP contribution in [0.15, 0.2) is 140 Å². The Kier molecular flexibility index (Phi) is 5.08. The first kappa shape index (κ1) is 22.7. The lowest BCUT2D eigenvalue weighted by atomic mass is 9.86. The van der Waals surface area contributed by atoms with Crippen molar-refractivity contribution in [3.63, 3.8) is 0 Å². The van der Waals surface area contributed by atoms with Gasteiger partial charge in [0.2, 0.25) is 0 Å². The van der Waals surface area contributed by atoms with Crippen LogP contribution < -0.4 is 0 Å².